The molecule has 12 nitrogen and oxygen atoms in total. The zero-order valence-corrected chi connectivity index (χ0v) is 28.9. The van der Waals surface area contributed by atoms with Gasteiger partial charge < -0.3 is 29.7 Å². The second-order valence-corrected chi connectivity index (χ2v) is 14.7. The van der Waals surface area contributed by atoms with Gasteiger partial charge in [0.25, 0.3) is 5.91 Å². The Morgan fingerprint density at radius 1 is 1.04 bits per heavy atom. The van der Waals surface area contributed by atoms with Gasteiger partial charge in [0.15, 0.2) is 27.1 Å². The maximum absolute atomic E-state index is 13.2. The third kappa shape index (κ3) is 7.69. The summed E-state index contributed by atoms with van der Waals surface area (Å²) in [5.74, 6) is 1.22. The fourth-order valence-corrected chi connectivity index (χ4v) is 6.50. The summed E-state index contributed by atoms with van der Waals surface area (Å²) in [4.78, 5) is 26.4. The fraction of sp³-hybridized carbons (Fsp3) is 0.394. The van der Waals surface area contributed by atoms with Crippen LogP contribution in [0.15, 0.2) is 58.1 Å². The molecule has 0 bridgehead atoms. The van der Waals surface area contributed by atoms with E-state index in [4.69, 9.17) is 20.9 Å². The summed E-state index contributed by atoms with van der Waals surface area (Å²) in [7, 11) is -3.59. The molecule has 1 fully saturated rings. The standard InChI is InChI=1S/C33H40ClN7O5S/c1-7-40-12-14-41(15-13-40)32(42)27-18-28(46-39-27)23-17-26(29(16-22(23)6)45-20(2)3)37-33-35-19-24(34)31(38-33)36-25-10-8-9-11-30(25)47(43,44)21(4)5/h8-11,16-21H,7,12-15H2,1-6H3,(H2,35,36,37,38). The molecule has 1 aliphatic heterocycles. The lowest BCUT2D eigenvalue weighted by molar-refractivity contribution is 0.0633. The van der Waals surface area contributed by atoms with E-state index in [0.29, 0.717) is 41.5 Å². The zero-order chi connectivity index (χ0) is 33.9. The number of likely N-dealkylation sites (N-methyl/N-ethyl adjacent to an activating group) is 1. The Hall–Kier alpha value is -4.20. The third-order valence-electron chi connectivity index (χ3n) is 7.85. The SMILES string of the molecule is CCN1CCN(C(=O)c2cc(-c3cc(Nc4ncc(Cl)c(Nc5ccccc5S(=O)(=O)C(C)C)n4)c(OC(C)C)cc3C)on2)CC1. The van der Waals surface area contributed by atoms with E-state index in [1.165, 1.54) is 6.20 Å². The number of piperazine rings is 1. The number of hydrogen-bond acceptors (Lipinski definition) is 11. The maximum Gasteiger partial charge on any atom is 0.276 e. The first-order valence-electron chi connectivity index (χ1n) is 15.6. The highest BCUT2D eigenvalue weighted by Gasteiger charge is 2.26. The molecule has 3 heterocycles. The molecule has 2 aromatic heterocycles. The van der Waals surface area contributed by atoms with Crippen molar-refractivity contribution >= 4 is 50.5 Å². The van der Waals surface area contributed by atoms with Gasteiger partial charge >= 0.3 is 0 Å². The van der Waals surface area contributed by atoms with Crippen LogP contribution in [0.3, 0.4) is 0 Å². The topological polar surface area (TPSA) is 143 Å². The van der Waals surface area contributed by atoms with Crippen LogP contribution in [0.1, 0.15) is 50.7 Å². The highest BCUT2D eigenvalue weighted by atomic mass is 35.5. The van der Waals surface area contributed by atoms with Gasteiger partial charge in [-0.2, -0.15) is 4.98 Å². The van der Waals surface area contributed by atoms with Crippen molar-refractivity contribution in [3.8, 4) is 17.1 Å². The van der Waals surface area contributed by atoms with Crippen molar-refractivity contribution in [2.24, 2.45) is 0 Å². The third-order valence-corrected chi connectivity index (χ3v) is 10.3. The van der Waals surface area contributed by atoms with E-state index in [2.05, 4.69) is 37.6 Å². The number of ether oxygens (including phenoxy) is 1. The number of sulfone groups is 1. The van der Waals surface area contributed by atoms with Gasteiger partial charge in [0.05, 0.1) is 33.8 Å². The Morgan fingerprint density at radius 2 is 1.77 bits per heavy atom. The van der Waals surface area contributed by atoms with Crippen molar-refractivity contribution < 1.29 is 22.5 Å². The van der Waals surface area contributed by atoms with E-state index in [1.54, 1.807) is 49.1 Å². The summed E-state index contributed by atoms with van der Waals surface area (Å²) in [6, 6.07) is 12.0. The van der Waals surface area contributed by atoms with Crippen LogP contribution in [-0.4, -0.2) is 83.3 Å². The van der Waals surface area contributed by atoms with E-state index in [0.717, 1.165) is 25.2 Å². The van der Waals surface area contributed by atoms with Crippen LogP contribution in [0.25, 0.3) is 11.3 Å². The number of nitrogens with zero attached hydrogens (tertiary/aromatic N) is 5. The molecular weight excluding hydrogens is 642 g/mol. The van der Waals surface area contributed by atoms with E-state index in [9.17, 15) is 13.2 Å². The van der Waals surface area contributed by atoms with Crippen LogP contribution < -0.4 is 15.4 Å². The molecular formula is C33H40ClN7O5S. The van der Waals surface area contributed by atoms with Crippen LogP contribution >= 0.6 is 11.6 Å². The number of anilines is 4. The molecule has 2 N–H and O–H groups in total. The van der Waals surface area contributed by atoms with Gasteiger partial charge in [-0.15, -0.1) is 0 Å². The largest absolute Gasteiger partial charge is 0.489 e. The lowest BCUT2D eigenvalue weighted by atomic mass is 10.0. The number of halogens is 1. The average Bonchev–Trinajstić information content (AvgIpc) is 3.53. The summed E-state index contributed by atoms with van der Waals surface area (Å²) >= 11 is 6.46. The molecule has 250 valence electrons. The zero-order valence-electron chi connectivity index (χ0n) is 27.4. The quantitative estimate of drug-likeness (QED) is 0.183. The number of carbonyl (C=O) groups excluding carboxylic acids is 1. The first kappa shape index (κ1) is 34.1. The number of amides is 1. The van der Waals surface area contributed by atoms with Gasteiger partial charge in [-0.25, -0.2) is 13.4 Å². The summed E-state index contributed by atoms with van der Waals surface area (Å²) < 4.78 is 37.8. The minimum Gasteiger partial charge on any atom is -0.489 e. The molecule has 0 unspecified atom stereocenters. The number of carbonyl (C=O) groups is 1. The van der Waals surface area contributed by atoms with Crippen molar-refractivity contribution in [1.82, 2.24) is 24.9 Å². The minimum atomic E-state index is -3.59. The molecule has 1 aliphatic rings. The summed E-state index contributed by atoms with van der Waals surface area (Å²) in [6.07, 6.45) is 1.29. The second kappa shape index (κ2) is 14.3. The number of aryl methyl sites for hydroxylation is 1. The van der Waals surface area contributed by atoms with E-state index in [-0.39, 0.29) is 39.4 Å². The van der Waals surface area contributed by atoms with Gasteiger partial charge in [0.1, 0.15) is 10.8 Å². The van der Waals surface area contributed by atoms with Crippen LogP contribution in [0.5, 0.6) is 5.75 Å². The molecule has 4 aromatic rings. The van der Waals surface area contributed by atoms with Crippen molar-refractivity contribution in [2.75, 3.05) is 43.4 Å². The van der Waals surface area contributed by atoms with Crippen molar-refractivity contribution in [3.63, 3.8) is 0 Å². The smallest absolute Gasteiger partial charge is 0.276 e. The predicted molar refractivity (Wildman–Crippen MR) is 183 cm³/mol. The maximum atomic E-state index is 13.2. The Kier molecular flexibility index (Phi) is 10.4. The van der Waals surface area contributed by atoms with Gasteiger partial charge in [-0.05, 0) is 71.0 Å². The number of hydrogen-bond donors (Lipinski definition) is 2. The lowest BCUT2D eigenvalue weighted by Crippen LogP contribution is -2.48. The summed E-state index contributed by atoms with van der Waals surface area (Å²) in [6.45, 7) is 15.0. The number of para-hydroxylation sites is 1. The number of aromatic nitrogens is 3. The van der Waals surface area contributed by atoms with E-state index >= 15 is 0 Å². The molecule has 14 heteroatoms. The van der Waals surface area contributed by atoms with Crippen LogP contribution in [-0.2, 0) is 9.84 Å². The van der Waals surface area contributed by atoms with Crippen LogP contribution in [0, 0.1) is 6.92 Å². The van der Waals surface area contributed by atoms with Gasteiger partial charge in [0, 0.05) is 37.8 Å². The molecule has 0 saturated carbocycles. The van der Waals surface area contributed by atoms with Crippen LogP contribution in [0.2, 0.25) is 5.02 Å². The second-order valence-electron chi connectivity index (χ2n) is 11.9. The molecule has 47 heavy (non-hydrogen) atoms. The summed E-state index contributed by atoms with van der Waals surface area (Å²) in [5.41, 5.74) is 2.68. The van der Waals surface area contributed by atoms with E-state index in [1.807, 2.05) is 32.9 Å². The molecule has 1 amide bonds. The first-order chi connectivity index (χ1) is 22.4. The number of benzene rings is 2. The Morgan fingerprint density at radius 3 is 2.45 bits per heavy atom. The normalized spacial score (nSPS) is 14.1. The van der Waals surface area contributed by atoms with Crippen molar-refractivity contribution in [1.29, 1.82) is 0 Å². The first-order valence-corrected chi connectivity index (χ1v) is 17.5. The monoisotopic (exact) mass is 681 g/mol. The average molecular weight is 682 g/mol. The summed E-state index contributed by atoms with van der Waals surface area (Å²) in [5, 5.41) is 9.98. The van der Waals surface area contributed by atoms with E-state index < -0.39 is 15.1 Å². The lowest BCUT2D eigenvalue weighted by Gasteiger charge is -2.33. The highest BCUT2D eigenvalue weighted by Crippen LogP contribution is 2.37. The molecule has 5 rings (SSSR count). The van der Waals surface area contributed by atoms with Gasteiger partial charge in [-0.3, -0.25) is 4.79 Å². The number of nitrogens with one attached hydrogen (secondary N) is 2. The molecule has 0 radical (unpaired) electrons. The molecule has 0 aliphatic carbocycles. The Labute approximate surface area is 280 Å². The van der Waals surface area contributed by atoms with Gasteiger partial charge in [0.2, 0.25) is 5.95 Å². The minimum absolute atomic E-state index is 0.133. The number of rotatable bonds is 11. The molecule has 0 atom stereocenters. The van der Waals surface area contributed by atoms with Crippen LogP contribution in [0.4, 0.5) is 23.1 Å². The van der Waals surface area contributed by atoms with Crippen molar-refractivity contribution in [2.45, 2.75) is 57.8 Å². The Bertz CT molecular complexity index is 1850. The Balaban J connectivity index is 1.44. The molecule has 2 aromatic carbocycles. The van der Waals surface area contributed by atoms with Gasteiger partial charge in [-0.1, -0.05) is 35.8 Å². The molecule has 0 spiro atoms. The highest BCUT2D eigenvalue weighted by molar-refractivity contribution is 7.92. The van der Waals surface area contributed by atoms with Crippen molar-refractivity contribution in [3.05, 3.63) is 64.9 Å². The fourth-order valence-electron chi connectivity index (χ4n) is 5.16. The predicted octanol–water partition coefficient (Wildman–Crippen LogP) is 6.33. The molecule has 1 saturated heterocycles.